The summed E-state index contributed by atoms with van der Waals surface area (Å²) in [6.45, 7) is 0.584. The molecule has 1 amide bonds. The molecule has 0 bridgehead atoms. The van der Waals surface area contributed by atoms with E-state index in [1.54, 1.807) is 16.7 Å². The molecule has 1 N–H and O–H groups in total. The van der Waals surface area contributed by atoms with Crippen LogP contribution >= 0.6 is 11.8 Å². The summed E-state index contributed by atoms with van der Waals surface area (Å²) in [4.78, 5) is 25.1. The number of carbonyl (C=O) groups is 2. The molecule has 1 aliphatic rings. The minimum absolute atomic E-state index is 0.0164. The van der Waals surface area contributed by atoms with E-state index in [4.69, 9.17) is 9.52 Å². The molecule has 3 rings (SSSR count). The molecule has 0 aliphatic carbocycles. The van der Waals surface area contributed by atoms with E-state index in [2.05, 4.69) is 10.2 Å². The van der Waals surface area contributed by atoms with Gasteiger partial charge in [0.05, 0.1) is 12.5 Å². The van der Waals surface area contributed by atoms with Crippen molar-refractivity contribution in [2.45, 2.75) is 25.3 Å². The highest BCUT2D eigenvalue weighted by molar-refractivity contribution is 7.99. The molecular weight excluding hydrogens is 342 g/mol. The third-order valence-electron chi connectivity index (χ3n) is 4.00. The Bertz CT molecular complexity index is 735. The van der Waals surface area contributed by atoms with Crippen molar-refractivity contribution in [3.05, 3.63) is 36.2 Å². The summed E-state index contributed by atoms with van der Waals surface area (Å²) < 4.78 is 5.61. The highest BCUT2D eigenvalue weighted by atomic mass is 32.2. The van der Waals surface area contributed by atoms with Crippen molar-refractivity contribution in [3.63, 3.8) is 0 Å². The van der Waals surface area contributed by atoms with E-state index in [1.165, 1.54) is 0 Å². The first kappa shape index (κ1) is 17.5. The van der Waals surface area contributed by atoms with Gasteiger partial charge in [0.2, 0.25) is 17.7 Å². The summed E-state index contributed by atoms with van der Waals surface area (Å²) in [6, 6.07) is 9.20. The smallest absolute Gasteiger partial charge is 0.305 e. The van der Waals surface area contributed by atoms with Gasteiger partial charge >= 0.3 is 5.97 Å². The maximum Gasteiger partial charge on any atom is 0.305 e. The summed E-state index contributed by atoms with van der Waals surface area (Å²) in [5.41, 5.74) is 0.835. The second-order valence-electron chi connectivity index (χ2n) is 5.78. The number of aliphatic carboxylic acids is 1. The number of benzene rings is 1. The monoisotopic (exact) mass is 361 g/mol. The fourth-order valence-electron chi connectivity index (χ4n) is 2.76. The predicted molar refractivity (Wildman–Crippen MR) is 93.1 cm³/mol. The van der Waals surface area contributed by atoms with Crippen LogP contribution in [0.2, 0.25) is 0 Å². The Balaban J connectivity index is 1.58. The Kier molecular flexibility index (Phi) is 5.70. The molecule has 1 unspecified atom stereocenters. The van der Waals surface area contributed by atoms with Crippen molar-refractivity contribution in [3.8, 4) is 11.5 Å². The molecule has 0 saturated carbocycles. The molecule has 1 atom stereocenters. The van der Waals surface area contributed by atoms with Crippen molar-refractivity contribution in [2.75, 3.05) is 18.1 Å². The molecule has 132 valence electrons. The number of carboxylic acid groups (broad SMARTS) is 1. The zero-order valence-corrected chi connectivity index (χ0v) is 14.4. The zero-order valence-electron chi connectivity index (χ0n) is 13.6. The fraction of sp³-hybridized carbons (Fsp3) is 0.412. The first-order valence-corrected chi connectivity index (χ1v) is 9.26. The minimum Gasteiger partial charge on any atom is -0.481 e. The number of nitrogens with zero attached hydrogens (tertiary/aromatic N) is 3. The van der Waals surface area contributed by atoms with Crippen molar-refractivity contribution >= 4 is 23.6 Å². The van der Waals surface area contributed by atoms with Gasteiger partial charge in [0.15, 0.2) is 0 Å². The topological polar surface area (TPSA) is 96.5 Å². The minimum atomic E-state index is -0.880. The fourth-order valence-corrected chi connectivity index (χ4v) is 3.83. The van der Waals surface area contributed by atoms with Gasteiger partial charge in [0.25, 0.3) is 0 Å². The summed E-state index contributed by atoms with van der Waals surface area (Å²) >= 11 is 1.68. The summed E-state index contributed by atoms with van der Waals surface area (Å²) in [5.74, 6) is 1.40. The lowest BCUT2D eigenvalue weighted by Gasteiger charge is -2.34. The van der Waals surface area contributed by atoms with Crippen molar-refractivity contribution in [1.29, 1.82) is 0 Å². The molecule has 7 nitrogen and oxygen atoms in total. The second-order valence-corrected chi connectivity index (χ2v) is 6.93. The summed E-state index contributed by atoms with van der Waals surface area (Å²) in [7, 11) is 0. The number of hydrogen-bond acceptors (Lipinski definition) is 6. The third-order valence-corrected chi connectivity index (χ3v) is 5.09. The summed E-state index contributed by atoms with van der Waals surface area (Å²) in [5, 5.41) is 17.0. The van der Waals surface area contributed by atoms with Crippen LogP contribution in [0.4, 0.5) is 0 Å². The largest absolute Gasteiger partial charge is 0.481 e. The van der Waals surface area contributed by atoms with Crippen molar-refractivity contribution in [1.82, 2.24) is 15.1 Å². The van der Waals surface area contributed by atoms with Crippen molar-refractivity contribution < 1.29 is 19.1 Å². The normalized spacial score (nSPS) is 17.4. The van der Waals surface area contributed by atoms with E-state index in [1.807, 2.05) is 30.3 Å². The van der Waals surface area contributed by atoms with E-state index in [-0.39, 0.29) is 24.8 Å². The van der Waals surface area contributed by atoms with E-state index in [9.17, 15) is 9.59 Å². The molecule has 2 aromatic rings. The van der Waals surface area contributed by atoms with Gasteiger partial charge in [-0.1, -0.05) is 18.2 Å². The number of carboxylic acids is 1. The Morgan fingerprint density at radius 2 is 2.08 bits per heavy atom. The van der Waals surface area contributed by atoms with E-state index in [0.29, 0.717) is 30.5 Å². The van der Waals surface area contributed by atoms with Gasteiger partial charge in [0, 0.05) is 36.5 Å². The first-order valence-electron chi connectivity index (χ1n) is 8.10. The second kappa shape index (κ2) is 8.15. The number of carbonyl (C=O) groups excluding carboxylic acids is 1. The van der Waals surface area contributed by atoms with Crippen LogP contribution in [0.5, 0.6) is 0 Å². The van der Waals surface area contributed by atoms with Crippen LogP contribution in [0.1, 0.15) is 18.7 Å². The molecule has 1 fully saturated rings. The average molecular weight is 361 g/mol. The number of amides is 1. The van der Waals surface area contributed by atoms with Gasteiger partial charge in [-0.15, -0.1) is 10.2 Å². The zero-order chi connectivity index (χ0) is 17.6. The van der Waals surface area contributed by atoms with E-state index >= 15 is 0 Å². The van der Waals surface area contributed by atoms with E-state index in [0.717, 1.165) is 11.3 Å². The molecule has 8 heteroatoms. The maximum absolute atomic E-state index is 12.5. The van der Waals surface area contributed by atoms with Gasteiger partial charge in [-0.3, -0.25) is 9.59 Å². The Labute approximate surface area is 149 Å². The van der Waals surface area contributed by atoms with Crippen LogP contribution in [-0.4, -0.2) is 56.2 Å². The number of aryl methyl sites for hydroxylation is 1. The lowest BCUT2D eigenvalue weighted by Crippen LogP contribution is -2.47. The van der Waals surface area contributed by atoms with E-state index < -0.39 is 5.97 Å². The molecule has 2 heterocycles. The molecule has 0 spiro atoms. The molecule has 1 aliphatic heterocycles. The average Bonchev–Trinajstić information content (AvgIpc) is 3.09. The molecule has 1 aromatic heterocycles. The van der Waals surface area contributed by atoms with Crippen LogP contribution in [0.15, 0.2) is 34.7 Å². The van der Waals surface area contributed by atoms with Crippen LogP contribution in [0.3, 0.4) is 0 Å². The highest BCUT2D eigenvalue weighted by Crippen LogP contribution is 2.21. The first-order chi connectivity index (χ1) is 12.1. The predicted octanol–water partition coefficient (Wildman–Crippen LogP) is 2.09. The van der Waals surface area contributed by atoms with Crippen molar-refractivity contribution in [2.24, 2.45) is 0 Å². The SMILES string of the molecule is O=C(O)CC1CSCCN1C(=O)CCc1nnc(-c2ccccc2)o1. The Morgan fingerprint density at radius 3 is 2.84 bits per heavy atom. The lowest BCUT2D eigenvalue weighted by atomic mass is 10.1. The lowest BCUT2D eigenvalue weighted by molar-refractivity contribution is -0.140. The van der Waals surface area contributed by atoms with Gasteiger partial charge < -0.3 is 14.4 Å². The Morgan fingerprint density at radius 1 is 1.28 bits per heavy atom. The van der Waals surface area contributed by atoms with Crippen LogP contribution < -0.4 is 0 Å². The number of rotatable bonds is 6. The highest BCUT2D eigenvalue weighted by Gasteiger charge is 2.28. The van der Waals surface area contributed by atoms with Gasteiger partial charge in [-0.05, 0) is 12.1 Å². The molecule has 1 saturated heterocycles. The molecule has 0 radical (unpaired) electrons. The number of thioether (sulfide) groups is 1. The van der Waals surface area contributed by atoms with Gasteiger partial charge in [-0.2, -0.15) is 11.8 Å². The van der Waals surface area contributed by atoms with Gasteiger partial charge in [-0.25, -0.2) is 0 Å². The standard InChI is InChI=1S/C17H19N3O4S/c21-15(20-8-9-25-11-13(20)10-16(22)23)7-6-14-18-19-17(24-14)12-4-2-1-3-5-12/h1-5,13H,6-11H2,(H,22,23). The third kappa shape index (κ3) is 4.60. The molecular formula is C17H19N3O4S. The van der Waals surface area contributed by atoms with Gasteiger partial charge in [0.1, 0.15) is 0 Å². The van der Waals surface area contributed by atoms with Crippen LogP contribution in [0, 0.1) is 0 Å². The molecule has 25 heavy (non-hydrogen) atoms. The van der Waals surface area contributed by atoms with Crippen LogP contribution in [-0.2, 0) is 16.0 Å². The quantitative estimate of drug-likeness (QED) is 0.841. The number of hydrogen-bond donors (Lipinski definition) is 1. The molecule has 1 aromatic carbocycles. The summed E-state index contributed by atoms with van der Waals surface area (Å²) in [6.07, 6.45) is 0.566. The Hall–Kier alpha value is -2.35. The number of aromatic nitrogens is 2. The van der Waals surface area contributed by atoms with Crippen LogP contribution in [0.25, 0.3) is 11.5 Å². The maximum atomic E-state index is 12.5.